The molecule has 0 amide bonds. The van der Waals surface area contributed by atoms with Crippen LogP contribution in [-0.2, 0) is 17.8 Å². The summed E-state index contributed by atoms with van der Waals surface area (Å²) in [5, 5.41) is 9.80. The summed E-state index contributed by atoms with van der Waals surface area (Å²) in [6.45, 7) is 3.97. The standard InChI is InChI=1S/C12H14IN3O/c1-2-10(17)6-9-4-3-8(5-11(9)13)7-16-12(14)15/h2-5H,1,6-7H2,(H4,14,15,16). The van der Waals surface area contributed by atoms with E-state index in [-0.39, 0.29) is 11.7 Å². The van der Waals surface area contributed by atoms with Gasteiger partial charge < -0.3 is 11.1 Å². The van der Waals surface area contributed by atoms with Crippen molar-refractivity contribution in [2.24, 2.45) is 5.73 Å². The van der Waals surface area contributed by atoms with Crippen molar-refractivity contribution in [2.75, 3.05) is 0 Å². The number of carbonyl (C=O) groups excluding carboxylic acids is 1. The molecule has 1 rings (SSSR count). The predicted molar refractivity (Wildman–Crippen MR) is 76.8 cm³/mol. The van der Waals surface area contributed by atoms with Gasteiger partial charge in [0.05, 0.1) is 0 Å². The van der Waals surface area contributed by atoms with E-state index in [1.807, 2.05) is 18.2 Å². The summed E-state index contributed by atoms with van der Waals surface area (Å²) in [5.74, 6) is -0.0385. The summed E-state index contributed by atoms with van der Waals surface area (Å²) in [4.78, 5) is 11.3. The van der Waals surface area contributed by atoms with Crippen molar-refractivity contribution in [2.45, 2.75) is 13.0 Å². The highest BCUT2D eigenvalue weighted by Crippen LogP contribution is 2.15. The summed E-state index contributed by atoms with van der Waals surface area (Å²) in [6.07, 6.45) is 1.71. The molecule has 0 aliphatic carbocycles. The number of halogens is 1. The highest BCUT2D eigenvalue weighted by molar-refractivity contribution is 14.1. The maximum Gasteiger partial charge on any atom is 0.185 e. The zero-order valence-corrected chi connectivity index (χ0v) is 11.5. The van der Waals surface area contributed by atoms with Gasteiger partial charge >= 0.3 is 0 Å². The van der Waals surface area contributed by atoms with E-state index in [9.17, 15) is 4.79 Å². The first-order chi connectivity index (χ1) is 8.02. The van der Waals surface area contributed by atoms with Gasteiger partial charge in [-0.05, 0) is 45.9 Å². The molecular weight excluding hydrogens is 329 g/mol. The molecular formula is C12H14IN3O. The number of hydrogen-bond donors (Lipinski definition) is 3. The van der Waals surface area contributed by atoms with Crippen molar-refractivity contribution in [3.8, 4) is 0 Å². The summed E-state index contributed by atoms with van der Waals surface area (Å²) in [5.41, 5.74) is 7.22. The summed E-state index contributed by atoms with van der Waals surface area (Å²) in [6, 6.07) is 5.81. The lowest BCUT2D eigenvalue weighted by atomic mass is 10.1. The first kappa shape index (κ1) is 13.7. The molecule has 0 aliphatic rings. The molecule has 0 fully saturated rings. The molecule has 0 bridgehead atoms. The molecule has 4 N–H and O–H groups in total. The summed E-state index contributed by atoms with van der Waals surface area (Å²) < 4.78 is 1.03. The average Bonchev–Trinajstić information content (AvgIpc) is 2.29. The Bertz CT molecular complexity index is 457. The number of benzene rings is 1. The largest absolute Gasteiger partial charge is 0.370 e. The molecule has 0 saturated carbocycles. The number of ketones is 1. The smallest absolute Gasteiger partial charge is 0.185 e. The van der Waals surface area contributed by atoms with Gasteiger partial charge in [0.25, 0.3) is 0 Å². The quantitative estimate of drug-likeness (QED) is 0.329. The molecule has 0 heterocycles. The lowest BCUT2D eigenvalue weighted by Gasteiger charge is -2.07. The normalized spacial score (nSPS) is 9.71. The van der Waals surface area contributed by atoms with Crippen molar-refractivity contribution in [3.63, 3.8) is 0 Å². The third-order valence-corrected chi connectivity index (χ3v) is 3.20. The van der Waals surface area contributed by atoms with E-state index in [2.05, 4.69) is 34.5 Å². The van der Waals surface area contributed by atoms with E-state index in [0.717, 1.165) is 14.7 Å². The van der Waals surface area contributed by atoms with Crippen LogP contribution in [0.3, 0.4) is 0 Å². The molecule has 1 aromatic rings. The molecule has 4 nitrogen and oxygen atoms in total. The van der Waals surface area contributed by atoms with Crippen molar-refractivity contribution in [3.05, 3.63) is 45.6 Å². The second kappa shape index (κ2) is 6.39. The fraction of sp³-hybridized carbons (Fsp3) is 0.167. The number of carbonyl (C=O) groups is 1. The predicted octanol–water partition coefficient (Wildman–Crippen LogP) is 1.57. The van der Waals surface area contributed by atoms with Gasteiger partial charge in [-0.15, -0.1) is 0 Å². The zero-order valence-electron chi connectivity index (χ0n) is 9.29. The van der Waals surface area contributed by atoms with Crippen LogP contribution in [-0.4, -0.2) is 11.7 Å². The molecule has 0 atom stereocenters. The molecule has 90 valence electrons. The van der Waals surface area contributed by atoms with Crippen LogP contribution in [0.1, 0.15) is 11.1 Å². The number of guanidine groups is 1. The Morgan fingerprint density at radius 1 is 1.59 bits per heavy atom. The number of rotatable bonds is 5. The van der Waals surface area contributed by atoms with Gasteiger partial charge in [0.2, 0.25) is 0 Å². The number of nitrogens with two attached hydrogens (primary N) is 1. The SMILES string of the molecule is C=CC(=O)Cc1ccc(CNC(=N)N)cc1I. The lowest BCUT2D eigenvalue weighted by Crippen LogP contribution is -2.29. The Labute approximate surface area is 114 Å². The van der Waals surface area contributed by atoms with Crippen LogP contribution in [0.25, 0.3) is 0 Å². The van der Waals surface area contributed by atoms with Crippen LogP contribution in [0.2, 0.25) is 0 Å². The fourth-order valence-corrected chi connectivity index (χ4v) is 2.07. The van der Waals surface area contributed by atoms with Crippen molar-refractivity contribution in [1.29, 1.82) is 5.41 Å². The zero-order chi connectivity index (χ0) is 12.8. The molecule has 5 heteroatoms. The minimum Gasteiger partial charge on any atom is -0.370 e. The van der Waals surface area contributed by atoms with E-state index in [1.54, 1.807) is 0 Å². The van der Waals surface area contributed by atoms with Crippen LogP contribution in [0.5, 0.6) is 0 Å². The van der Waals surface area contributed by atoms with E-state index in [4.69, 9.17) is 11.1 Å². The molecule has 0 saturated heterocycles. The number of allylic oxidation sites excluding steroid dienone is 1. The van der Waals surface area contributed by atoms with Crippen molar-refractivity contribution < 1.29 is 4.79 Å². The van der Waals surface area contributed by atoms with Crippen LogP contribution in [0.15, 0.2) is 30.9 Å². The minimum atomic E-state index is -0.0501. The minimum absolute atomic E-state index is 0.0116. The second-order valence-electron chi connectivity index (χ2n) is 3.54. The monoisotopic (exact) mass is 343 g/mol. The maximum absolute atomic E-state index is 11.3. The maximum atomic E-state index is 11.3. The molecule has 0 radical (unpaired) electrons. The van der Waals surface area contributed by atoms with Gasteiger partial charge in [-0.3, -0.25) is 10.2 Å². The van der Waals surface area contributed by atoms with Gasteiger partial charge in [-0.25, -0.2) is 0 Å². The molecule has 0 spiro atoms. The van der Waals surface area contributed by atoms with E-state index in [1.165, 1.54) is 6.08 Å². The second-order valence-corrected chi connectivity index (χ2v) is 4.70. The molecule has 17 heavy (non-hydrogen) atoms. The molecule has 0 aliphatic heterocycles. The Balaban J connectivity index is 2.75. The lowest BCUT2D eigenvalue weighted by molar-refractivity contribution is -0.114. The van der Waals surface area contributed by atoms with E-state index < -0.39 is 0 Å². The topological polar surface area (TPSA) is 79.0 Å². The Hall–Kier alpha value is -1.37. The van der Waals surface area contributed by atoms with Crippen LogP contribution in [0, 0.1) is 8.98 Å². The fourth-order valence-electron chi connectivity index (χ4n) is 1.30. The van der Waals surface area contributed by atoms with E-state index >= 15 is 0 Å². The van der Waals surface area contributed by atoms with Crippen LogP contribution in [0.4, 0.5) is 0 Å². The van der Waals surface area contributed by atoms with Gasteiger partial charge in [0.1, 0.15) is 0 Å². The van der Waals surface area contributed by atoms with Gasteiger partial charge in [-0.1, -0.05) is 18.7 Å². The van der Waals surface area contributed by atoms with Crippen molar-refractivity contribution >= 4 is 34.3 Å². The average molecular weight is 343 g/mol. The van der Waals surface area contributed by atoms with Crippen LogP contribution < -0.4 is 11.1 Å². The third kappa shape index (κ3) is 4.56. The molecule has 0 unspecified atom stereocenters. The van der Waals surface area contributed by atoms with Crippen LogP contribution >= 0.6 is 22.6 Å². The Kier molecular flexibility index (Phi) is 5.14. The summed E-state index contributed by atoms with van der Waals surface area (Å²) in [7, 11) is 0. The third-order valence-electron chi connectivity index (χ3n) is 2.19. The summed E-state index contributed by atoms with van der Waals surface area (Å²) >= 11 is 2.19. The first-order valence-corrected chi connectivity index (χ1v) is 6.11. The first-order valence-electron chi connectivity index (χ1n) is 5.03. The Morgan fingerprint density at radius 3 is 2.82 bits per heavy atom. The number of nitrogens with one attached hydrogen (secondary N) is 2. The van der Waals surface area contributed by atoms with Crippen molar-refractivity contribution in [1.82, 2.24) is 5.32 Å². The highest BCUT2D eigenvalue weighted by Gasteiger charge is 2.05. The molecule has 0 aromatic heterocycles. The highest BCUT2D eigenvalue weighted by atomic mass is 127. The van der Waals surface area contributed by atoms with E-state index in [0.29, 0.717) is 13.0 Å². The van der Waals surface area contributed by atoms with Gasteiger partial charge in [0.15, 0.2) is 11.7 Å². The molecule has 1 aromatic carbocycles. The van der Waals surface area contributed by atoms with Gasteiger partial charge in [-0.2, -0.15) is 0 Å². The Morgan fingerprint density at radius 2 is 2.29 bits per heavy atom. The van der Waals surface area contributed by atoms with Gasteiger partial charge in [0, 0.05) is 16.5 Å². The number of hydrogen-bond acceptors (Lipinski definition) is 2.